The molecule has 0 saturated heterocycles. The van der Waals surface area contributed by atoms with Crippen molar-refractivity contribution in [2.75, 3.05) is 16.8 Å². The fraction of sp³-hybridized carbons (Fsp3) is 0.222. The quantitative estimate of drug-likeness (QED) is 0.836. The van der Waals surface area contributed by atoms with E-state index in [0.29, 0.717) is 15.7 Å². The fourth-order valence-corrected chi connectivity index (χ4v) is 2.49. The second-order valence-electron chi connectivity index (χ2n) is 5.43. The minimum absolute atomic E-state index is 0.162. The Balaban J connectivity index is 2.00. The molecule has 2 amide bonds. The van der Waals surface area contributed by atoms with E-state index in [1.165, 1.54) is 11.8 Å². The standard InChI is InChI=1S/C18H18Cl2N2O2/c1-12-3-5-14(6-4-12)21-18(24)9-10-22(13(2)23)15-7-8-16(19)17(20)11-15/h3-8,11H,9-10H2,1-2H3,(H,21,24). The molecule has 0 atom stereocenters. The molecule has 126 valence electrons. The molecule has 24 heavy (non-hydrogen) atoms. The Kier molecular flexibility index (Phi) is 6.23. The Morgan fingerprint density at radius 2 is 1.71 bits per heavy atom. The second-order valence-corrected chi connectivity index (χ2v) is 6.25. The summed E-state index contributed by atoms with van der Waals surface area (Å²) >= 11 is 11.9. The van der Waals surface area contributed by atoms with E-state index in [0.717, 1.165) is 11.3 Å². The van der Waals surface area contributed by atoms with Gasteiger partial charge in [-0.3, -0.25) is 9.59 Å². The maximum absolute atomic E-state index is 12.1. The van der Waals surface area contributed by atoms with Crippen molar-refractivity contribution >= 4 is 46.4 Å². The van der Waals surface area contributed by atoms with Crippen molar-refractivity contribution in [3.05, 3.63) is 58.1 Å². The predicted molar refractivity (Wildman–Crippen MR) is 98.9 cm³/mol. The number of carbonyl (C=O) groups is 2. The highest BCUT2D eigenvalue weighted by Gasteiger charge is 2.14. The molecular weight excluding hydrogens is 347 g/mol. The first-order valence-electron chi connectivity index (χ1n) is 7.46. The molecule has 0 aliphatic rings. The topological polar surface area (TPSA) is 49.4 Å². The van der Waals surface area contributed by atoms with Crippen molar-refractivity contribution in [1.29, 1.82) is 0 Å². The number of nitrogens with zero attached hydrogens (tertiary/aromatic N) is 1. The van der Waals surface area contributed by atoms with Crippen LogP contribution in [0.25, 0.3) is 0 Å². The number of hydrogen-bond acceptors (Lipinski definition) is 2. The van der Waals surface area contributed by atoms with Crippen LogP contribution in [0.3, 0.4) is 0 Å². The molecule has 0 saturated carbocycles. The lowest BCUT2D eigenvalue weighted by Gasteiger charge is -2.21. The molecule has 2 aromatic rings. The lowest BCUT2D eigenvalue weighted by Crippen LogP contribution is -2.31. The first kappa shape index (κ1) is 18.3. The molecule has 0 unspecified atom stereocenters. The van der Waals surface area contributed by atoms with Gasteiger partial charge in [-0.2, -0.15) is 0 Å². The molecule has 0 heterocycles. The van der Waals surface area contributed by atoms with E-state index >= 15 is 0 Å². The maximum atomic E-state index is 12.1. The molecule has 0 fully saturated rings. The van der Waals surface area contributed by atoms with Gasteiger partial charge in [0.05, 0.1) is 10.0 Å². The monoisotopic (exact) mass is 364 g/mol. The van der Waals surface area contributed by atoms with Crippen LogP contribution in [0.5, 0.6) is 0 Å². The third kappa shape index (κ3) is 4.98. The Morgan fingerprint density at radius 3 is 2.29 bits per heavy atom. The van der Waals surface area contributed by atoms with Crippen molar-refractivity contribution in [3.8, 4) is 0 Å². The van der Waals surface area contributed by atoms with E-state index in [9.17, 15) is 9.59 Å². The molecule has 1 N–H and O–H groups in total. The lowest BCUT2D eigenvalue weighted by atomic mass is 10.2. The Hall–Kier alpha value is -2.04. The third-order valence-corrected chi connectivity index (χ3v) is 4.23. The summed E-state index contributed by atoms with van der Waals surface area (Å²) in [5.74, 6) is -0.332. The van der Waals surface area contributed by atoms with Crippen molar-refractivity contribution < 1.29 is 9.59 Å². The summed E-state index contributed by atoms with van der Waals surface area (Å²) in [6, 6.07) is 12.5. The fourth-order valence-electron chi connectivity index (χ4n) is 2.20. The molecule has 0 aliphatic heterocycles. The number of carbonyl (C=O) groups excluding carboxylic acids is 2. The largest absolute Gasteiger partial charge is 0.326 e. The summed E-state index contributed by atoms with van der Waals surface area (Å²) in [4.78, 5) is 25.4. The van der Waals surface area contributed by atoms with Gasteiger partial charge in [0.25, 0.3) is 0 Å². The Labute approximate surface area is 151 Å². The molecule has 0 aliphatic carbocycles. The van der Waals surface area contributed by atoms with Gasteiger partial charge >= 0.3 is 0 Å². The number of amides is 2. The van der Waals surface area contributed by atoms with E-state index in [-0.39, 0.29) is 24.8 Å². The third-order valence-electron chi connectivity index (χ3n) is 3.49. The average molecular weight is 365 g/mol. The number of anilines is 2. The number of rotatable bonds is 5. The molecule has 0 bridgehead atoms. The van der Waals surface area contributed by atoms with Gasteiger partial charge in [-0.1, -0.05) is 40.9 Å². The molecule has 0 spiro atoms. The molecular formula is C18H18Cl2N2O2. The van der Waals surface area contributed by atoms with Crippen molar-refractivity contribution in [3.63, 3.8) is 0 Å². The van der Waals surface area contributed by atoms with Crippen LogP contribution in [0.2, 0.25) is 10.0 Å². The van der Waals surface area contributed by atoms with Crippen LogP contribution in [0.4, 0.5) is 11.4 Å². The molecule has 4 nitrogen and oxygen atoms in total. The number of nitrogens with one attached hydrogen (secondary N) is 1. The van der Waals surface area contributed by atoms with E-state index in [4.69, 9.17) is 23.2 Å². The zero-order chi connectivity index (χ0) is 17.7. The zero-order valence-electron chi connectivity index (χ0n) is 13.5. The number of halogens is 2. The number of benzene rings is 2. The van der Waals surface area contributed by atoms with E-state index in [2.05, 4.69) is 5.32 Å². The highest BCUT2D eigenvalue weighted by atomic mass is 35.5. The lowest BCUT2D eigenvalue weighted by molar-refractivity contribution is -0.117. The minimum Gasteiger partial charge on any atom is -0.326 e. The van der Waals surface area contributed by atoms with Crippen LogP contribution < -0.4 is 10.2 Å². The maximum Gasteiger partial charge on any atom is 0.226 e. The van der Waals surface area contributed by atoms with Gasteiger partial charge in [0.15, 0.2) is 0 Å². The van der Waals surface area contributed by atoms with E-state index in [1.54, 1.807) is 18.2 Å². The van der Waals surface area contributed by atoms with Crippen molar-refractivity contribution in [1.82, 2.24) is 0 Å². The van der Waals surface area contributed by atoms with Gasteiger partial charge in [-0.25, -0.2) is 0 Å². The summed E-state index contributed by atoms with van der Waals surface area (Å²) in [6.45, 7) is 3.68. The SMILES string of the molecule is CC(=O)N(CCC(=O)Nc1ccc(C)cc1)c1ccc(Cl)c(Cl)c1. The van der Waals surface area contributed by atoms with Crippen LogP contribution >= 0.6 is 23.2 Å². The molecule has 2 rings (SSSR count). The van der Waals surface area contributed by atoms with Crippen molar-refractivity contribution in [2.45, 2.75) is 20.3 Å². The first-order chi connectivity index (χ1) is 11.4. The summed E-state index contributed by atoms with van der Waals surface area (Å²) in [7, 11) is 0. The molecule has 2 aromatic carbocycles. The molecule has 6 heteroatoms. The van der Waals surface area contributed by atoms with E-state index in [1.807, 2.05) is 31.2 Å². The zero-order valence-corrected chi connectivity index (χ0v) is 15.0. The van der Waals surface area contributed by atoms with Crippen molar-refractivity contribution in [2.24, 2.45) is 0 Å². The van der Waals surface area contributed by atoms with Crippen LogP contribution in [0.15, 0.2) is 42.5 Å². The molecule has 0 radical (unpaired) electrons. The smallest absolute Gasteiger partial charge is 0.226 e. The average Bonchev–Trinajstić information content (AvgIpc) is 2.53. The highest BCUT2D eigenvalue weighted by molar-refractivity contribution is 6.42. The minimum atomic E-state index is -0.170. The Bertz CT molecular complexity index is 745. The van der Waals surface area contributed by atoms with Gasteiger partial charge in [-0.15, -0.1) is 0 Å². The summed E-state index contributed by atoms with van der Waals surface area (Å²) in [6.07, 6.45) is 0.174. The van der Waals surface area contributed by atoms with Crippen LogP contribution in [-0.4, -0.2) is 18.4 Å². The molecule has 0 aromatic heterocycles. The summed E-state index contributed by atoms with van der Waals surface area (Å²) in [5, 5.41) is 3.59. The van der Waals surface area contributed by atoms with Gasteiger partial charge < -0.3 is 10.2 Å². The van der Waals surface area contributed by atoms with Gasteiger partial charge in [0, 0.05) is 31.3 Å². The van der Waals surface area contributed by atoms with E-state index < -0.39 is 0 Å². The first-order valence-corrected chi connectivity index (χ1v) is 8.22. The van der Waals surface area contributed by atoms with Crippen LogP contribution in [0, 0.1) is 6.92 Å². The second kappa shape index (κ2) is 8.18. The Morgan fingerprint density at radius 1 is 1.04 bits per heavy atom. The highest BCUT2D eigenvalue weighted by Crippen LogP contribution is 2.27. The predicted octanol–water partition coefficient (Wildman–Crippen LogP) is 4.68. The normalized spacial score (nSPS) is 10.3. The van der Waals surface area contributed by atoms with Gasteiger partial charge in [-0.05, 0) is 37.3 Å². The van der Waals surface area contributed by atoms with Crippen LogP contribution in [-0.2, 0) is 9.59 Å². The van der Waals surface area contributed by atoms with Gasteiger partial charge in [0.2, 0.25) is 11.8 Å². The number of aryl methyl sites for hydroxylation is 1. The van der Waals surface area contributed by atoms with Gasteiger partial charge in [0.1, 0.15) is 0 Å². The summed E-state index contributed by atoms with van der Waals surface area (Å²) in [5.41, 5.74) is 2.46. The summed E-state index contributed by atoms with van der Waals surface area (Å²) < 4.78 is 0. The van der Waals surface area contributed by atoms with Crippen LogP contribution in [0.1, 0.15) is 18.9 Å². The number of hydrogen-bond donors (Lipinski definition) is 1.